The minimum atomic E-state index is -0.376. The van der Waals surface area contributed by atoms with E-state index in [-0.39, 0.29) is 18.2 Å². The maximum Gasteiger partial charge on any atom is 0.337 e. The van der Waals surface area contributed by atoms with Crippen LogP contribution in [0.4, 0.5) is 0 Å². The number of carbonyl (C=O) groups excluding carboxylic acids is 1. The van der Waals surface area contributed by atoms with Crippen molar-refractivity contribution in [2.24, 2.45) is 0 Å². The fourth-order valence-electron chi connectivity index (χ4n) is 6.55. The Bertz CT molecular complexity index is 1870. The molecule has 2 aliphatic heterocycles. The minimum Gasteiger partial charge on any atom is -0.485 e. The summed E-state index contributed by atoms with van der Waals surface area (Å²) in [5.74, 6) is 1.22. The second-order valence-corrected chi connectivity index (χ2v) is 11.3. The molecule has 2 aliphatic rings. The van der Waals surface area contributed by atoms with Gasteiger partial charge in [0.1, 0.15) is 23.7 Å². The molecule has 0 aromatic heterocycles. The van der Waals surface area contributed by atoms with Crippen molar-refractivity contribution in [2.45, 2.75) is 39.9 Å². The number of fused-ring (bicyclic) bond motifs is 7. The minimum absolute atomic E-state index is 0.217. The van der Waals surface area contributed by atoms with Crippen molar-refractivity contribution < 1.29 is 19.0 Å². The number of aryl methyl sites for hydroxylation is 2. The molecule has 4 heteroatoms. The monoisotopic (exact) mass is 552 g/mol. The van der Waals surface area contributed by atoms with Gasteiger partial charge in [-0.25, -0.2) is 4.79 Å². The van der Waals surface area contributed by atoms with Crippen LogP contribution < -0.4 is 9.47 Å². The fraction of sp³-hybridized carbons (Fsp3) is 0.184. The summed E-state index contributed by atoms with van der Waals surface area (Å²) in [5.41, 5.74) is 13.8. The topological polar surface area (TPSA) is 44.8 Å². The van der Waals surface area contributed by atoms with Gasteiger partial charge < -0.3 is 14.2 Å². The highest BCUT2D eigenvalue weighted by Crippen LogP contribution is 2.59. The zero-order chi connectivity index (χ0) is 29.1. The number of esters is 1. The van der Waals surface area contributed by atoms with E-state index in [0.717, 1.165) is 67.1 Å². The van der Waals surface area contributed by atoms with Crippen LogP contribution >= 0.6 is 0 Å². The second-order valence-electron chi connectivity index (χ2n) is 11.3. The Morgan fingerprint density at radius 1 is 0.619 bits per heavy atom. The highest BCUT2D eigenvalue weighted by molar-refractivity contribution is 6.05. The van der Waals surface area contributed by atoms with Crippen LogP contribution in [0.1, 0.15) is 58.7 Å². The van der Waals surface area contributed by atoms with Crippen molar-refractivity contribution in [3.8, 4) is 56.0 Å². The first-order valence-corrected chi connectivity index (χ1v) is 14.4. The van der Waals surface area contributed by atoms with Gasteiger partial charge in [0.25, 0.3) is 0 Å². The normalized spacial score (nSPS) is 16.2. The molecule has 0 aliphatic carbocycles. The average molecular weight is 553 g/mol. The van der Waals surface area contributed by atoms with E-state index in [1.165, 1.54) is 18.2 Å². The summed E-state index contributed by atoms with van der Waals surface area (Å²) in [4.78, 5) is 12.7. The van der Waals surface area contributed by atoms with E-state index in [4.69, 9.17) is 14.2 Å². The second kappa shape index (κ2) is 9.92. The van der Waals surface area contributed by atoms with E-state index in [2.05, 4.69) is 88.4 Å². The van der Waals surface area contributed by atoms with Gasteiger partial charge >= 0.3 is 5.97 Å². The summed E-state index contributed by atoms with van der Waals surface area (Å²) >= 11 is 0. The lowest BCUT2D eigenvalue weighted by molar-refractivity contribution is 0.0600. The van der Waals surface area contributed by atoms with E-state index in [9.17, 15) is 4.79 Å². The first kappa shape index (κ1) is 26.1. The molecule has 0 N–H and O–H groups in total. The number of methoxy groups -OCH3 is 1. The van der Waals surface area contributed by atoms with Gasteiger partial charge in [0, 0.05) is 33.4 Å². The molecule has 0 radical (unpaired) electrons. The summed E-state index contributed by atoms with van der Waals surface area (Å²) in [6, 6.07) is 31.3. The third-order valence-corrected chi connectivity index (χ3v) is 8.50. The Labute approximate surface area is 246 Å². The van der Waals surface area contributed by atoms with Gasteiger partial charge in [-0.1, -0.05) is 77.9 Å². The van der Waals surface area contributed by atoms with Crippen molar-refractivity contribution in [3.63, 3.8) is 0 Å². The highest BCUT2D eigenvalue weighted by Gasteiger charge is 2.38. The predicted molar refractivity (Wildman–Crippen MR) is 167 cm³/mol. The van der Waals surface area contributed by atoms with Crippen molar-refractivity contribution in [1.82, 2.24) is 0 Å². The largest absolute Gasteiger partial charge is 0.485 e. The molecule has 42 heavy (non-hydrogen) atoms. The molecule has 0 fully saturated rings. The van der Waals surface area contributed by atoms with Crippen LogP contribution in [0.3, 0.4) is 0 Å². The van der Waals surface area contributed by atoms with Gasteiger partial charge in [0.15, 0.2) is 0 Å². The zero-order valence-corrected chi connectivity index (χ0v) is 24.4. The number of hydrogen-bond donors (Lipinski definition) is 0. The lowest BCUT2D eigenvalue weighted by Crippen LogP contribution is -2.20. The molecule has 0 saturated carbocycles. The van der Waals surface area contributed by atoms with Gasteiger partial charge in [-0.05, 0) is 74.2 Å². The molecule has 5 aromatic rings. The fourth-order valence-corrected chi connectivity index (χ4v) is 6.55. The Morgan fingerprint density at radius 3 is 1.67 bits per heavy atom. The Balaban J connectivity index is 1.71. The van der Waals surface area contributed by atoms with Gasteiger partial charge in [-0.15, -0.1) is 0 Å². The predicted octanol–water partition coefficient (Wildman–Crippen LogP) is 9.66. The van der Waals surface area contributed by atoms with E-state index in [1.54, 1.807) is 6.07 Å². The Morgan fingerprint density at radius 2 is 1.12 bits per heavy atom. The Kier molecular flexibility index (Phi) is 6.16. The highest BCUT2D eigenvalue weighted by atomic mass is 16.5. The van der Waals surface area contributed by atoms with Crippen LogP contribution in [0.2, 0.25) is 0 Å². The molecular weight excluding hydrogens is 520 g/mol. The van der Waals surface area contributed by atoms with Crippen molar-refractivity contribution in [1.29, 1.82) is 0 Å². The smallest absolute Gasteiger partial charge is 0.337 e. The third-order valence-electron chi connectivity index (χ3n) is 8.50. The summed E-state index contributed by atoms with van der Waals surface area (Å²) < 4.78 is 18.4. The van der Waals surface area contributed by atoms with E-state index < -0.39 is 0 Å². The molecule has 4 nitrogen and oxygen atoms in total. The quantitative estimate of drug-likeness (QED) is 0.209. The molecule has 2 heterocycles. The number of hydrogen-bond acceptors (Lipinski definition) is 4. The molecule has 0 saturated heterocycles. The van der Waals surface area contributed by atoms with Crippen LogP contribution in [0, 0.1) is 13.8 Å². The van der Waals surface area contributed by atoms with Crippen LogP contribution in [0.5, 0.6) is 11.5 Å². The van der Waals surface area contributed by atoms with E-state index in [1.807, 2.05) is 24.3 Å². The number of rotatable bonds is 3. The van der Waals surface area contributed by atoms with Crippen LogP contribution in [0.15, 0.2) is 91.0 Å². The van der Waals surface area contributed by atoms with Gasteiger partial charge in [0.2, 0.25) is 0 Å². The molecule has 0 bridgehead atoms. The van der Waals surface area contributed by atoms with Crippen molar-refractivity contribution >= 4 is 5.97 Å². The first-order valence-electron chi connectivity index (χ1n) is 14.4. The van der Waals surface area contributed by atoms with Gasteiger partial charge in [-0.2, -0.15) is 0 Å². The van der Waals surface area contributed by atoms with E-state index in [0.29, 0.717) is 5.56 Å². The molecule has 5 aromatic carbocycles. The third kappa shape index (κ3) is 4.01. The molecule has 0 unspecified atom stereocenters. The van der Waals surface area contributed by atoms with Crippen molar-refractivity contribution in [3.05, 3.63) is 119 Å². The zero-order valence-electron chi connectivity index (χ0n) is 24.4. The molecule has 7 rings (SSSR count). The van der Waals surface area contributed by atoms with Gasteiger partial charge in [0.05, 0.1) is 12.7 Å². The SMILES string of the molecule is COC(=O)c1ccc2c(c1)-c1c3c(c(-c4ccc(C)cc4)c(-c4ccc(C)cc4)c1[C@@H](C)O2)[C@@H](C)Oc1ccccc1-3. The van der Waals surface area contributed by atoms with Crippen LogP contribution in [0.25, 0.3) is 44.5 Å². The summed E-state index contributed by atoms with van der Waals surface area (Å²) in [5, 5.41) is 0. The molecule has 0 amide bonds. The van der Waals surface area contributed by atoms with Gasteiger partial charge in [-0.3, -0.25) is 0 Å². The lowest BCUT2D eigenvalue weighted by Gasteiger charge is -2.38. The van der Waals surface area contributed by atoms with Crippen LogP contribution in [-0.4, -0.2) is 13.1 Å². The Hall–Kier alpha value is -4.83. The average Bonchev–Trinajstić information content (AvgIpc) is 3.00. The lowest BCUT2D eigenvalue weighted by atomic mass is 9.73. The number of carbonyl (C=O) groups is 1. The first-order chi connectivity index (χ1) is 20.4. The number of benzene rings is 5. The van der Waals surface area contributed by atoms with Crippen molar-refractivity contribution in [2.75, 3.05) is 7.11 Å². The summed E-state index contributed by atoms with van der Waals surface area (Å²) in [7, 11) is 1.41. The molecule has 0 spiro atoms. The molecule has 208 valence electrons. The summed E-state index contributed by atoms with van der Waals surface area (Å²) in [6.45, 7) is 8.47. The van der Waals surface area contributed by atoms with E-state index >= 15 is 0 Å². The van der Waals surface area contributed by atoms with Crippen LogP contribution in [-0.2, 0) is 4.74 Å². The number of ether oxygens (including phenoxy) is 3. The summed E-state index contributed by atoms with van der Waals surface area (Å²) in [6.07, 6.45) is -0.460. The molecular formula is C38H32O4. The standard InChI is InChI=1S/C38H32O4/c1-21-10-14-25(15-11-21)34-32-23(3)41-30-9-7-6-8-28(30)36(32)37-29-20-27(38(39)40-5)18-19-31(29)42-24(4)33(37)35(34)26-16-12-22(2)13-17-26/h6-20,23-24H,1-5H3/t23-,24-/m1/s1. The molecule has 2 atom stereocenters. The maximum absolute atomic E-state index is 12.7. The maximum atomic E-state index is 12.7. The number of para-hydroxylation sites is 1.